The van der Waals surface area contributed by atoms with Crippen molar-refractivity contribution in [3.8, 4) is 5.75 Å². The van der Waals surface area contributed by atoms with E-state index in [1.807, 2.05) is 0 Å². The number of carbonyl (C=O) groups is 1. The minimum absolute atomic E-state index is 0.113. The molecule has 15 heavy (non-hydrogen) atoms. The van der Waals surface area contributed by atoms with Crippen LogP contribution in [-0.4, -0.2) is 36.3 Å². The maximum Gasteiger partial charge on any atom is 0.278 e. The number of nitrogens with one attached hydrogen (secondary N) is 1. The number of methoxy groups -OCH3 is 1. The number of aromatic hydroxyl groups is 1. The van der Waals surface area contributed by atoms with Gasteiger partial charge in [0.1, 0.15) is 5.75 Å². The first kappa shape index (κ1) is 11.4. The fourth-order valence-electron chi connectivity index (χ4n) is 0.875. The number of carbonyl (C=O) groups excluding carboxylic acids is 1. The van der Waals surface area contributed by atoms with E-state index < -0.39 is 5.91 Å². The van der Waals surface area contributed by atoms with Crippen LogP contribution >= 0.6 is 0 Å². The highest BCUT2D eigenvalue weighted by Gasteiger charge is 2.09. The minimum Gasteiger partial charge on any atom is -0.505 e. The molecule has 6 heteroatoms. The van der Waals surface area contributed by atoms with E-state index in [1.165, 1.54) is 25.6 Å². The fraction of sp³-hybridized carbons (Fsp3) is 0.333. The quantitative estimate of drug-likeness (QED) is 0.534. The highest BCUT2D eigenvalue weighted by Crippen LogP contribution is 2.12. The fourth-order valence-corrected chi connectivity index (χ4v) is 0.875. The largest absolute Gasteiger partial charge is 0.505 e. The van der Waals surface area contributed by atoms with Gasteiger partial charge < -0.3 is 9.84 Å². The van der Waals surface area contributed by atoms with Crippen LogP contribution in [0.4, 0.5) is 0 Å². The summed E-state index contributed by atoms with van der Waals surface area (Å²) in [6.07, 6.45) is 2.59. The Morgan fingerprint density at radius 1 is 1.60 bits per heavy atom. The normalized spacial score (nSPS) is 9.93. The molecule has 0 saturated carbocycles. The van der Waals surface area contributed by atoms with Crippen molar-refractivity contribution in [2.24, 2.45) is 0 Å². The Labute approximate surface area is 86.8 Å². The van der Waals surface area contributed by atoms with Gasteiger partial charge in [-0.3, -0.25) is 14.6 Å². The van der Waals surface area contributed by atoms with Crippen LogP contribution in [0.2, 0.25) is 0 Å². The van der Waals surface area contributed by atoms with Crippen LogP contribution in [0.25, 0.3) is 0 Å². The molecule has 0 unspecified atom stereocenters. The topological polar surface area (TPSA) is 80.7 Å². The van der Waals surface area contributed by atoms with Crippen LogP contribution in [0.3, 0.4) is 0 Å². The highest BCUT2D eigenvalue weighted by molar-refractivity contribution is 5.95. The lowest BCUT2D eigenvalue weighted by Crippen LogP contribution is -2.25. The van der Waals surface area contributed by atoms with Crippen molar-refractivity contribution >= 4 is 5.91 Å². The van der Waals surface area contributed by atoms with Crippen LogP contribution in [0.15, 0.2) is 18.5 Å². The first-order valence-electron chi connectivity index (χ1n) is 4.29. The third kappa shape index (κ3) is 3.53. The molecule has 1 heterocycles. The van der Waals surface area contributed by atoms with Gasteiger partial charge in [0.2, 0.25) is 0 Å². The predicted molar refractivity (Wildman–Crippen MR) is 51.2 cm³/mol. The second kappa shape index (κ2) is 5.94. The number of amides is 1. The average molecular weight is 212 g/mol. The zero-order valence-electron chi connectivity index (χ0n) is 8.27. The summed E-state index contributed by atoms with van der Waals surface area (Å²) in [6.45, 7) is 0.622. The summed E-state index contributed by atoms with van der Waals surface area (Å²) in [7, 11) is 1.53. The van der Waals surface area contributed by atoms with Gasteiger partial charge in [0.05, 0.1) is 25.0 Å². The molecule has 0 aromatic carbocycles. The molecule has 0 aliphatic heterocycles. The number of aromatic nitrogens is 1. The number of pyridine rings is 1. The van der Waals surface area contributed by atoms with E-state index in [2.05, 4.69) is 10.5 Å². The maximum atomic E-state index is 11.4. The number of ether oxygens (including phenoxy) is 1. The molecule has 0 aliphatic carbocycles. The molecule has 0 aliphatic rings. The lowest BCUT2D eigenvalue weighted by atomic mass is 10.2. The zero-order chi connectivity index (χ0) is 11.1. The van der Waals surface area contributed by atoms with E-state index in [9.17, 15) is 9.90 Å². The van der Waals surface area contributed by atoms with Gasteiger partial charge in [-0.05, 0) is 6.07 Å². The average Bonchev–Trinajstić information content (AvgIpc) is 2.25. The summed E-state index contributed by atoms with van der Waals surface area (Å²) < 4.78 is 4.72. The monoisotopic (exact) mass is 212 g/mol. The predicted octanol–water partition coefficient (Wildman–Crippen LogP) is 0.0950. The Kier molecular flexibility index (Phi) is 4.52. The Morgan fingerprint density at radius 3 is 3.07 bits per heavy atom. The lowest BCUT2D eigenvalue weighted by Gasteiger charge is -2.05. The molecule has 2 N–H and O–H groups in total. The molecule has 0 bridgehead atoms. The molecule has 0 fully saturated rings. The SMILES string of the molecule is COCCONC(=O)c1ccncc1O. The summed E-state index contributed by atoms with van der Waals surface area (Å²) in [4.78, 5) is 19.8. The van der Waals surface area contributed by atoms with E-state index in [0.717, 1.165) is 0 Å². The summed E-state index contributed by atoms with van der Waals surface area (Å²) in [5.74, 6) is -0.712. The van der Waals surface area contributed by atoms with Crippen molar-refractivity contribution in [2.75, 3.05) is 20.3 Å². The van der Waals surface area contributed by atoms with Crippen LogP contribution in [0, 0.1) is 0 Å². The summed E-state index contributed by atoms with van der Waals surface area (Å²) in [5.41, 5.74) is 2.28. The summed E-state index contributed by atoms with van der Waals surface area (Å²) in [5, 5.41) is 9.28. The Hall–Kier alpha value is -1.66. The standard InChI is InChI=1S/C9H12N2O4/c1-14-4-5-15-11-9(13)7-2-3-10-6-8(7)12/h2-3,6,12H,4-5H2,1H3,(H,11,13). The first-order valence-corrected chi connectivity index (χ1v) is 4.29. The van der Waals surface area contributed by atoms with Gasteiger partial charge in [0.25, 0.3) is 5.91 Å². The molecule has 0 radical (unpaired) electrons. The third-order valence-electron chi connectivity index (χ3n) is 1.60. The van der Waals surface area contributed by atoms with Gasteiger partial charge in [-0.1, -0.05) is 0 Å². The van der Waals surface area contributed by atoms with E-state index in [0.29, 0.717) is 6.61 Å². The number of hydrogen-bond donors (Lipinski definition) is 2. The van der Waals surface area contributed by atoms with Crippen LogP contribution in [0.1, 0.15) is 10.4 Å². The van der Waals surface area contributed by atoms with Gasteiger partial charge in [-0.25, -0.2) is 5.48 Å². The Morgan fingerprint density at radius 2 is 2.40 bits per heavy atom. The summed E-state index contributed by atoms with van der Waals surface area (Å²) in [6, 6.07) is 1.39. The second-order valence-corrected chi connectivity index (χ2v) is 2.67. The summed E-state index contributed by atoms with van der Waals surface area (Å²) >= 11 is 0. The molecule has 0 spiro atoms. The van der Waals surface area contributed by atoms with Crippen molar-refractivity contribution in [2.45, 2.75) is 0 Å². The van der Waals surface area contributed by atoms with E-state index in [-0.39, 0.29) is 17.9 Å². The first-order chi connectivity index (χ1) is 7.25. The van der Waals surface area contributed by atoms with Crippen molar-refractivity contribution in [3.05, 3.63) is 24.0 Å². The molecule has 0 saturated heterocycles. The van der Waals surface area contributed by atoms with Gasteiger partial charge in [-0.15, -0.1) is 0 Å². The molecule has 1 aromatic heterocycles. The van der Waals surface area contributed by atoms with Gasteiger partial charge >= 0.3 is 0 Å². The second-order valence-electron chi connectivity index (χ2n) is 2.67. The number of rotatable bonds is 5. The van der Waals surface area contributed by atoms with Crippen molar-refractivity contribution in [3.63, 3.8) is 0 Å². The van der Waals surface area contributed by atoms with E-state index >= 15 is 0 Å². The maximum absolute atomic E-state index is 11.4. The molecule has 1 aromatic rings. The van der Waals surface area contributed by atoms with Gasteiger partial charge in [0, 0.05) is 13.3 Å². The van der Waals surface area contributed by atoms with E-state index in [4.69, 9.17) is 9.57 Å². The highest BCUT2D eigenvalue weighted by atomic mass is 16.7. The number of hydrogen-bond acceptors (Lipinski definition) is 5. The van der Waals surface area contributed by atoms with Crippen molar-refractivity contribution in [1.29, 1.82) is 0 Å². The van der Waals surface area contributed by atoms with Crippen LogP contribution in [-0.2, 0) is 9.57 Å². The third-order valence-corrected chi connectivity index (χ3v) is 1.60. The Balaban J connectivity index is 2.44. The van der Waals surface area contributed by atoms with Crippen LogP contribution < -0.4 is 5.48 Å². The molecule has 6 nitrogen and oxygen atoms in total. The minimum atomic E-state index is -0.522. The molecular formula is C9H12N2O4. The molecule has 82 valence electrons. The smallest absolute Gasteiger partial charge is 0.278 e. The number of nitrogens with zero attached hydrogens (tertiary/aromatic N) is 1. The van der Waals surface area contributed by atoms with E-state index in [1.54, 1.807) is 0 Å². The Bertz CT molecular complexity index is 330. The molecule has 0 atom stereocenters. The van der Waals surface area contributed by atoms with Gasteiger partial charge in [0.15, 0.2) is 0 Å². The van der Waals surface area contributed by atoms with Crippen LogP contribution in [0.5, 0.6) is 5.75 Å². The molecule has 1 amide bonds. The number of hydroxylamine groups is 1. The van der Waals surface area contributed by atoms with Crippen molar-refractivity contribution < 1.29 is 19.5 Å². The zero-order valence-corrected chi connectivity index (χ0v) is 8.27. The lowest BCUT2D eigenvalue weighted by molar-refractivity contribution is 0.00874. The van der Waals surface area contributed by atoms with Crippen molar-refractivity contribution in [1.82, 2.24) is 10.5 Å². The van der Waals surface area contributed by atoms with Gasteiger partial charge in [-0.2, -0.15) is 0 Å². The molecular weight excluding hydrogens is 200 g/mol. The molecule has 1 rings (SSSR count).